The fraction of sp³-hybridized carbons (Fsp3) is 0.222. The van der Waals surface area contributed by atoms with Gasteiger partial charge in [0, 0.05) is 5.56 Å². The van der Waals surface area contributed by atoms with E-state index in [9.17, 15) is 9.90 Å². The Balaban J connectivity index is 2.06. The van der Waals surface area contributed by atoms with Crippen LogP contribution in [0.4, 0.5) is 0 Å². The number of hydrazone groups is 1. The summed E-state index contributed by atoms with van der Waals surface area (Å²) in [6.45, 7) is 4.20. The van der Waals surface area contributed by atoms with Gasteiger partial charge in [0.25, 0.3) is 5.91 Å². The number of hydrogen-bond donors (Lipinski definition) is 2. The molecule has 0 aliphatic rings. The Morgan fingerprint density at radius 2 is 1.96 bits per heavy atom. The van der Waals surface area contributed by atoms with Gasteiger partial charge in [0.05, 0.1) is 17.8 Å². The second kappa shape index (κ2) is 7.97. The van der Waals surface area contributed by atoms with Gasteiger partial charge in [0.2, 0.25) is 0 Å². The highest BCUT2D eigenvalue weighted by Gasteiger charge is 2.08. The van der Waals surface area contributed by atoms with Crippen molar-refractivity contribution in [1.29, 1.82) is 0 Å². The van der Waals surface area contributed by atoms with Crippen LogP contribution in [0.15, 0.2) is 46.0 Å². The topological polar surface area (TPSA) is 70.9 Å². The molecule has 0 aromatic heterocycles. The summed E-state index contributed by atoms with van der Waals surface area (Å²) in [5.74, 6) is 0.472. The smallest absolute Gasteiger partial charge is 0.271 e. The van der Waals surface area contributed by atoms with E-state index in [4.69, 9.17) is 4.74 Å². The summed E-state index contributed by atoms with van der Waals surface area (Å²) in [6, 6.07) is 10.7. The van der Waals surface area contributed by atoms with E-state index >= 15 is 0 Å². The van der Waals surface area contributed by atoms with E-state index in [1.807, 2.05) is 12.1 Å². The molecular formula is C18H19BrN2O3. The van der Waals surface area contributed by atoms with Gasteiger partial charge in [-0.25, -0.2) is 5.43 Å². The van der Waals surface area contributed by atoms with Crippen LogP contribution in [0.3, 0.4) is 0 Å². The van der Waals surface area contributed by atoms with Crippen molar-refractivity contribution in [3.8, 4) is 11.5 Å². The first-order valence-corrected chi connectivity index (χ1v) is 8.21. The predicted molar refractivity (Wildman–Crippen MR) is 98.0 cm³/mol. The van der Waals surface area contributed by atoms with Gasteiger partial charge >= 0.3 is 0 Å². The number of phenols is 1. The third kappa shape index (κ3) is 4.35. The second-order valence-electron chi connectivity index (χ2n) is 5.53. The Labute approximate surface area is 149 Å². The van der Waals surface area contributed by atoms with Crippen molar-refractivity contribution in [2.75, 3.05) is 7.11 Å². The molecule has 0 fully saturated rings. The number of carbonyl (C=O) groups excluding carboxylic acids is 1. The lowest BCUT2D eigenvalue weighted by molar-refractivity contribution is 0.0955. The minimum Gasteiger partial charge on any atom is -0.503 e. The van der Waals surface area contributed by atoms with E-state index in [0.717, 1.165) is 0 Å². The summed E-state index contributed by atoms with van der Waals surface area (Å²) in [5.41, 5.74) is 4.87. The summed E-state index contributed by atoms with van der Waals surface area (Å²) in [7, 11) is 1.46. The van der Waals surface area contributed by atoms with Crippen LogP contribution in [-0.2, 0) is 0 Å². The monoisotopic (exact) mass is 390 g/mol. The lowest BCUT2D eigenvalue weighted by Crippen LogP contribution is -2.17. The maximum absolute atomic E-state index is 12.1. The van der Waals surface area contributed by atoms with Crippen molar-refractivity contribution in [3.63, 3.8) is 0 Å². The zero-order valence-corrected chi connectivity index (χ0v) is 15.3. The SMILES string of the molecule is COc1cc(C=NNC(=O)c2ccc(C(C)C)cc2)cc(Br)c1O. The Bertz CT molecular complexity index is 756. The number of nitrogens with zero attached hydrogens (tertiary/aromatic N) is 1. The van der Waals surface area contributed by atoms with Gasteiger partial charge in [-0.3, -0.25) is 4.79 Å². The van der Waals surface area contributed by atoms with E-state index in [2.05, 4.69) is 40.3 Å². The molecule has 6 heteroatoms. The van der Waals surface area contributed by atoms with Crippen LogP contribution in [0.2, 0.25) is 0 Å². The van der Waals surface area contributed by atoms with Crippen LogP contribution in [0, 0.1) is 0 Å². The highest BCUT2D eigenvalue weighted by atomic mass is 79.9. The molecule has 0 saturated heterocycles. The number of benzene rings is 2. The number of aromatic hydroxyl groups is 1. The van der Waals surface area contributed by atoms with Gasteiger partial charge in [-0.05, 0) is 57.2 Å². The van der Waals surface area contributed by atoms with Gasteiger partial charge in [-0.15, -0.1) is 0 Å². The van der Waals surface area contributed by atoms with Crippen LogP contribution in [0.25, 0.3) is 0 Å². The molecule has 0 atom stereocenters. The normalized spacial score (nSPS) is 11.0. The largest absolute Gasteiger partial charge is 0.503 e. The maximum Gasteiger partial charge on any atom is 0.271 e. The number of phenolic OH excluding ortho intramolecular Hbond substituents is 1. The van der Waals surface area contributed by atoms with Gasteiger partial charge in [0.1, 0.15) is 0 Å². The highest BCUT2D eigenvalue weighted by Crippen LogP contribution is 2.34. The number of carbonyl (C=O) groups is 1. The minimum atomic E-state index is -0.286. The van der Waals surface area contributed by atoms with Crippen molar-refractivity contribution < 1.29 is 14.6 Å². The number of rotatable bonds is 5. The first-order valence-electron chi connectivity index (χ1n) is 7.42. The molecule has 126 valence electrons. The number of nitrogens with one attached hydrogen (secondary N) is 1. The Hall–Kier alpha value is -2.34. The minimum absolute atomic E-state index is 0.0175. The summed E-state index contributed by atoms with van der Waals surface area (Å²) in [5, 5.41) is 13.7. The Morgan fingerprint density at radius 3 is 2.54 bits per heavy atom. The zero-order valence-electron chi connectivity index (χ0n) is 13.7. The number of ether oxygens (including phenoxy) is 1. The summed E-state index contributed by atoms with van der Waals surface area (Å²) < 4.78 is 5.55. The molecule has 0 heterocycles. The molecular weight excluding hydrogens is 372 g/mol. The molecule has 0 saturated carbocycles. The molecule has 0 spiro atoms. The first-order chi connectivity index (χ1) is 11.4. The fourth-order valence-electron chi connectivity index (χ4n) is 2.07. The average molecular weight is 391 g/mol. The third-order valence-electron chi connectivity index (χ3n) is 3.49. The van der Waals surface area contributed by atoms with Gasteiger partial charge in [-0.1, -0.05) is 26.0 Å². The van der Waals surface area contributed by atoms with Crippen molar-refractivity contribution in [3.05, 3.63) is 57.6 Å². The summed E-state index contributed by atoms with van der Waals surface area (Å²) in [6.07, 6.45) is 1.48. The highest BCUT2D eigenvalue weighted by molar-refractivity contribution is 9.10. The molecule has 0 aliphatic heterocycles. The Kier molecular flexibility index (Phi) is 5.98. The Morgan fingerprint density at radius 1 is 1.29 bits per heavy atom. The molecule has 2 N–H and O–H groups in total. The van der Waals surface area contributed by atoms with Crippen molar-refractivity contribution >= 4 is 28.1 Å². The molecule has 2 aromatic carbocycles. The predicted octanol–water partition coefficient (Wildman–Crippen LogP) is 4.05. The third-order valence-corrected chi connectivity index (χ3v) is 4.09. The van der Waals surface area contributed by atoms with Crippen LogP contribution in [0.1, 0.15) is 41.3 Å². The molecule has 2 aromatic rings. The van der Waals surface area contributed by atoms with Crippen LogP contribution in [0.5, 0.6) is 11.5 Å². The number of hydrogen-bond acceptors (Lipinski definition) is 4. The second-order valence-corrected chi connectivity index (χ2v) is 6.38. The summed E-state index contributed by atoms with van der Waals surface area (Å²) >= 11 is 3.23. The van der Waals surface area contributed by atoms with Gasteiger partial charge in [-0.2, -0.15) is 5.10 Å². The molecule has 0 bridgehead atoms. The molecule has 24 heavy (non-hydrogen) atoms. The average Bonchev–Trinajstić information content (AvgIpc) is 2.57. The van der Waals surface area contributed by atoms with Crippen LogP contribution >= 0.6 is 15.9 Å². The molecule has 0 radical (unpaired) electrons. The van der Waals surface area contributed by atoms with E-state index in [1.54, 1.807) is 24.3 Å². The number of amides is 1. The van der Waals surface area contributed by atoms with Crippen molar-refractivity contribution in [2.24, 2.45) is 5.10 Å². The zero-order chi connectivity index (χ0) is 17.7. The van der Waals surface area contributed by atoms with E-state index in [1.165, 1.54) is 18.9 Å². The quantitative estimate of drug-likeness (QED) is 0.597. The van der Waals surface area contributed by atoms with Gasteiger partial charge < -0.3 is 9.84 Å². The van der Waals surface area contributed by atoms with Crippen molar-refractivity contribution in [2.45, 2.75) is 19.8 Å². The van der Waals surface area contributed by atoms with Crippen LogP contribution in [-0.4, -0.2) is 24.3 Å². The van der Waals surface area contributed by atoms with Crippen molar-refractivity contribution in [1.82, 2.24) is 5.43 Å². The lowest BCUT2D eigenvalue weighted by Gasteiger charge is -2.07. The summed E-state index contributed by atoms with van der Waals surface area (Å²) in [4.78, 5) is 12.1. The first kappa shape index (κ1) is 18.0. The molecule has 0 unspecified atom stereocenters. The van der Waals surface area contributed by atoms with E-state index in [-0.39, 0.29) is 11.7 Å². The number of halogens is 1. The van der Waals surface area contributed by atoms with Gasteiger partial charge in [0.15, 0.2) is 11.5 Å². The molecule has 5 nitrogen and oxygen atoms in total. The molecule has 1 amide bonds. The van der Waals surface area contributed by atoms with Crippen LogP contribution < -0.4 is 10.2 Å². The maximum atomic E-state index is 12.1. The molecule has 2 rings (SSSR count). The lowest BCUT2D eigenvalue weighted by atomic mass is 10.0. The van der Waals surface area contributed by atoms with E-state index < -0.39 is 0 Å². The molecule has 0 aliphatic carbocycles. The van der Waals surface area contributed by atoms with E-state index in [0.29, 0.717) is 27.3 Å². The number of methoxy groups -OCH3 is 1. The fourth-order valence-corrected chi connectivity index (χ4v) is 2.53. The standard InChI is InChI=1S/C18H19BrN2O3/c1-11(2)13-4-6-14(7-5-13)18(23)21-20-10-12-8-15(19)17(22)16(9-12)24-3/h4-11,22H,1-3H3,(H,21,23).